The van der Waals surface area contributed by atoms with Crippen molar-refractivity contribution < 1.29 is 14.1 Å². The third-order valence-electron chi connectivity index (χ3n) is 3.89. The lowest BCUT2D eigenvalue weighted by Gasteiger charge is -2.22. The van der Waals surface area contributed by atoms with E-state index in [1.165, 1.54) is 4.90 Å². The summed E-state index contributed by atoms with van der Waals surface area (Å²) < 4.78 is 5.43. The van der Waals surface area contributed by atoms with Gasteiger partial charge in [0.1, 0.15) is 11.3 Å². The van der Waals surface area contributed by atoms with E-state index < -0.39 is 5.91 Å². The molecule has 7 nitrogen and oxygen atoms in total. The van der Waals surface area contributed by atoms with Gasteiger partial charge >= 0.3 is 0 Å². The zero-order valence-corrected chi connectivity index (χ0v) is 15.1. The largest absolute Gasteiger partial charge is 0.365 e. The molecule has 0 spiro atoms. The van der Waals surface area contributed by atoms with Crippen molar-refractivity contribution in [1.82, 2.24) is 10.1 Å². The lowest BCUT2D eigenvalue weighted by atomic mass is 10.1. The molecule has 2 N–H and O–H groups in total. The average molecular weight is 364 g/mol. The fourth-order valence-corrected chi connectivity index (χ4v) is 2.73. The molecule has 2 amide bonds. The van der Waals surface area contributed by atoms with Gasteiger partial charge in [-0.2, -0.15) is 0 Å². The van der Waals surface area contributed by atoms with Crippen molar-refractivity contribution in [1.29, 1.82) is 0 Å². The van der Waals surface area contributed by atoms with Crippen molar-refractivity contribution in [2.45, 2.75) is 13.8 Å². The van der Waals surface area contributed by atoms with Crippen LogP contribution in [0.5, 0.6) is 0 Å². The van der Waals surface area contributed by atoms with Crippen LogP contribution < -0.4 is 10.6 Å². The number of nitrogens with zero attached hydrogens (tertiary/aromatic N) is 3. The van der Waals surface area contributed by atoms with Crippen LogP contribution in [0, 0.1) is 5.92 Å². The van der Waals surface area contributed by atoms with E-state index in [-0.39, 0.29) is 29.0 Å². The van der Waals surface area contributed by atoms with Gasteiger partial charge in [-0.25, -0.2) is 0 Å². The Kier molecular flexibility index (Phi) is 5.30. The van der Waals surface area contributed by atoms with Crippen molar-refractivity contribution in [2.75, 3.05) is 11.4 Å². The third kappa shape index (κ3) is 3.87. The zero-order chi connectivity index (χ0) is 19.4. The predicted octanol–water partition coefficient (Wildman–Crippen LogP) is 3.14. The Morgan fingerprint density at radius 2 is 1.81 bits per heavy atom. The average Bonchev–Trinajstić information content (AvgIpc) is 3.12. The minimum absolute atomic E-state index is 0.0331. The molecule has 0 fully saturated rings. The number of benzene rings is 1. The Balaban J connectivity index is 2.11. The minimum Gasteiger partial charge on any atom is -0.365 e. The lowest BCUT2D eigenvalue weighted by Crippen LogP contribution is -2.35. The molecule has 0 aliphatic heterocycles. The van der Waals surface area contributed by atoms with Gasteiger partial charge in [0.25, 0.3) is 11.8 Å². The van der Waals surface area contributed by atoms with Gasteiger partial charge in [0.15, 0.2) is 0 Å². The molecule has 0 saturated heterocycles. The number of pyridine rings is 1. The highest BCUT2D eigenvalue weighted by atomic mass is 16.5. The molecule has 0 bridgehead atoms. The summed E-state index contributed by atoms with van der Waals surface area (Å²) in [7, 11) is 0. The molecule has 0 saturated carbocycles. The molecule has 0 aliphatic rings. The molecule has 1 aromatic carbocycles. The molecule has 0 atom stereocenters. The molecule has 2 heterocycles. The van der Waals surface area contributed by atoms with Gasteiger partial charge in [-0.3, -0.25) is 19.5 Å². The van der Waals surface area contributed by atoms with E-state index >= 15 is 0 Å². The van der Waals surface area contributed by atoms with Crippen LogP contribution in [0.1, 0.15) is 34.6 Å². The molecular formula is C20H20N4O3. The van der Waals surface area contributed by atoms with E-state index in [2.05, 4.69) is 10.1 Å². The van der Waals surface area contributed by atoms with E-state index in [0.717, 1.165) is 0 Å². The maximum atomic E-state index is 13.1. The molecule has 7 heteroatoms. The van der Waals surface area contributed by atoms with E-state index in [1.807, 2.05) is 19.9 Å². The van der Waals surface area contributed by atoms with E-state index in [4.69, 9.17) is 10.3 Å². The topological polar surface area (TPSA) is 102 Å². The van der Waals surface area contributed by atoms with Crippen LogP contribution >= 0.6 is 0 Å². The Hall–Kier alpha value is -3.48. The number of carbonyl (C=O) groups is 2. The van der Waals surface area contributed by atoms with E-state index in [0.29, 0.717) is 17.8 Å². The first-order valence-electron chi connectivity index (χ1n) is 8.56. The second kappa shape index (κ2) is 7.82. The molecule has 0 radical (unpaired) electrons. The van der Waals surface area contributed by atoms with Crippen LogP contribution in [0.15, 0.2) is 59.3 Å². The SMILES string of the molecule is CC(C)CN(C(=O)c1ccccc1)c1onc(-c2ccccn2)c1C(N)=O. The zero-order valence-electron chi connectivity index (χ0n) is 15.1. The molecule has 3 aromatic rings. The second-order valence-corrected chi connectivity index (χ2v) is 6.47. The normalized spacial score (nSPS) is 10.8. The summed E-state index contributed by atoms with van der Waals surface area (Å²) >= 11 is 0. The summed E-state index contributed by atoms with van der Waals surface area (Å²) in [5.41, 5.74) is 6.77. The van der Waals surface area contributed by atoms with Gasteiger partial charge in [-0.05, 0) is 30.2 Å². The highest BCUT2D eigenvalue weighted by Crippen LogP contribution is 2.31. The maximum absolute atomic E-state index is 13.1. The molecule has 0 unspecified atom stereocenters. The van der Waals surface area contributed by atoms with Gasteiger partial charge in [0.05, 0.1) is 5.69 Å². The Labute approximate surface area is 156 Å². The maximum Gasteiger partial charge on any atom is 0.260 e. The first-order valence-corrected chi connectivity index (χ1v) is 8.56. The number of hydrogen-bond acceptors (Lipinski definition) is 5. The number of hydrogen-bond donors (Lipinski definition) is 1. The van der Waals surface area contributed by atoms with Gasteiger partial charge in [-0.1, -0.05) is 43.3 Å². The van der Waals surface area contributed by atoms with Gasteiger partial charge in [0, 0.05) is 18.3 Å². The first-order chi connectivity index (χ1) is 13.0. The standard InChI is InChI=1S/C20H20N4O3/c1-13(2)12-24(19(26)14-8-4-3-5-9-14)20-16(18(21)25)17(23-27-20)15-10-6-7-11-22-15/h3-11,13H,12H2,1-2H3,(H2,21,25). The highest BCUT2D eigenvalue weighted by Gasteiger charge is 2.31. The number of anilines is 1. The Morgan fingerprint density at radius 3 is 2.41 bits per heavy atom. The number of rotatable bonds is 6. The van der Waals surface area contributed by atoms with Crippen molar-refractivity contribution in [2.24, 2.45) is 11.7 Å². The van der Waals surface area contributed by atoms with Gasteiger partial charge in [-0.15, -0.1) is 0 Å². The number of carbonyl (C=O) groups excluding carboxylic acids is 2. The number of amides is 2. The molecule has 138 valence electrons. The third-order valence-corrected chi connectivity index (χ3v) is 3.89. The molecular weight excluding hydrogens is 344 g/mol. The van der Waals surface area contributed by atoms with Crippen LogP contribution in [0.2, 0.25) is 0 Å². The highest BCUT2D eigenvalue weighted by molar-refractivity contribution is 6.10. The smallest absolute Gasteiger partial charge is 0.260 e. The van der Waals surface area contributed by atoms with Crippen molar-refractivity contribution in [3.05, 3.63) is 65.9 Å². The first kappa shape index (κ1) is 18.3. The molecule has 27 heavy (non-hydrogen) atoms. The monoisotopic (exact) mass is 364 g/mol. The van der Waals surface area contributed by atoms with Crippen LogP contribution in [-0.4, -0.2) is 28.5 Å². The second-order valence-electron chi connectivity index (χ2n) is 6.47. The number of aromatic nitrogens is 2. The molecule has 3 rings (SSSR count). The Bertz CT molecular complexity index is 936. The fourth-order valence-electron chi connectivity index (χ4n) is 2.73. The summed E-state index contributed by atoms with van der Waals surface area (Å²) in [5.74, 6) is -0.871. The van der Waals surface area contributed by atoms with Crippen LogP contribution in [0.4, 0.5) is 5.88 Å². The summed E-state index contributed by atoms with van der Waals surface area (Å²) in [6.07, 6.45) is 1.58. The van der Waals surface area contributed by atoms with Crippen molar-refractivity contribution >= 4 is 17.7 Å². The van der Waals surface area contributed by atoms with Crippen molar-refractivity contribution in [3.63, 3.8) is 0 Å². The summed E-state index contributed by atoms with van der Waals surface area (Å²) in [4.78, 5) is 30.9. The van der Waals surface area contributed by atoms with Crippen LogP contribution in [-0.2, 0) is 0 Å². The van der Waals surface area contributed by atoms with Crippen LogP contribution in [0.25, 0.3) is 11.4 Å². The van der Waals surface area contributed by atoms with Crippen LogP contribution in [0.3, 0.4) is 0 Å². The number of primary amides is 1. The fraction of sp³-hybridized carbons (Fsp3) is 0.200. The Morgan fingerprint density at radius 1 is 1.11 bits per heavy atom. The summed E-state index contributed by atoms with van der Waals surface area (Å²) in [5, 5.41) is 3.98. The lowest BCUT2D eigenvalue weighted by molar-refractivity contribution is 0.0977. The molecule has 2 aromatic heterocycles. The minimum atomic E-state index is -0.735. The number of nitrogens with two attached hydrogens (primary N) is 1. The van der Waals surface area contributed by atoms with Gasteiger partial charge in [0.2, 0.25) is 5.88 Å². The predicted molar refractivity (Wildman–Crippen MR) is 101 cm³/mol. The van der Waals surface area contributed by atoms with E-state index in [1.54, 1.807) is 48.7 Å². The van der Waals surface area contributed by atoms with Gasteiger partial charge < -0.3 is 10.3 Å². The molecule has 0 aliphatic carbocycles. The van der Waals surface area contributed by atoms with E-state index in [9.17, 15) is 9.59 Å². The summed E-state index contributed by atoms with van der Waals surface area (Å²) in [6.45, 7) is 4.27. The van der Waals surface area contributed by atoms with Crippen molar-refractivity contribution in [3.8, 4) is 11.4 Å². The quantitative estimate of drug-likeness (QED) is 0.724. The summed E-state index contributed by atoms with van der Waals surface area (Å²) in [6, 6.07) is 14.0.